The van der Waals surface area contributed by atoms with Gasteiger partial charge in [0.05, 0.1) is 6.04 Å². The maximum absolute atomic E-state index is 3.60. The monoisotopic (exact) mass is 288 g/mol. The van der Waals surface area contributed by atoms with E-state index in [1.165, 1.54) is 28.7 Å². The zero-order valence-electron chi connectivity index (χ0n) is 9.16. The van der Waals surface area contributed by atoms with Crippen LogP contribution in [-0.4, -0.2) is 31.6 Å². The molecule has 0 bridgehead atoms. The molecular weight excluding hydrogens is 272 g/mol. The van der Waals surface area contributed by atoms with E-state index < -0.39 is 0 Å². The molecule has 0 aliphatic carbocycles. The number of likely N-dealkylation sites (N-methyl/N-ethyl adjacent to an activating group) is 1. The van der Waals surface area contributed by atoms with Gasteiger partial charge in [-0.15, -0.1) is 11.3 Å². The summed E-state index contributed by atoms with van der Waals surface area (Å²) in [6.07, 6.45) is 2.60. The largest absolute Gasteiger partial charge is 0.312 e. The van der Waals surface area contributed by atoms with Crippen LogP contribution in [0.25, 0.3) is 0 Å². The lowest BCUT2D eigenvalue weighted by Gasteiger charge is -2.29. The second-order valence-electron chi connectivity index (χ2n) is 4.28. The van der Waals surface area contributed by atoms with E-state index in [1.54, 1.807) is 0 Å². The molecule has 1 aliphatic heterocycles. The second kappa shape index (κ2) is 4.95. The molecule has 1 aliphatic rings. The Morgan fingerprint density at radius 1 is 1.60 bits per heavy atom. The molecule has 0 aromatic carbocycles. The van der Waals surface area contributed by atoms with Crippen molar-refractivity contribution in [2.75, 3.05) is 20.6 Å². The fourth-order valence-corrected chi connectivity index (χ4v) is 3.98. The van der Waals surface area contributed by atoms with Crippen LogP contribution in [0.5, 0.6) is 0 Å². The van der Waals surface area contributed by atoms with Crippen molar-refractivity contribution in [3.05, 3.63) is 20.8 Å². The molecule has 0 amide bonds. The summed E-state index contributed by atoms with van der Waals surface area (Å²) in [5.41, 5.74) is 0. The second-order valence-corrected chi connectivity index (χ2v) is 6.14. The van der Waals surface area contributed by atoms with E-state index >= 15 is 0 Å². The van der Waals surface area contributed by atoms with Gasteiger partial charge in [0.2, 0.25) is 0 Å². The number of halogens is 1. The minimum atomic E-state index is 0.517. The summed E-state index contributed by atoms with van der Waals surface area (Å²) in [4.78, 5) is 3.77. The third-order valence-electron chi connectivity index (χ3n) is 2.92. The Hall–Kier alpha value is 0.1000. The molecular formula is C11H17BrN2S. The highest BCUT2D eigenvalue weighted by Crippen LogP contribution is 2.33. The first-order valence-corrected chi connectivity index (χ1v) is 6.99. The molecule has 1 saturated heterocycles. The number of nitrogens with zero attached hydrogens (tertiary/aromatic N) is 1. The van der Waals surface area contributed by atoms with Crippen molar-refractivity contribution >= 4 is 27.3 Å². The molecule has 84 valence electrons. The summed E-state index contributed by atoms with van der Waals surface area (Å²) in [5.74, 6) is 0. The van der Waals surface area contributed by atoms with Crippen molar-refractivity contribution in [3.63, 3.8) is 0 Å². The van der Waals surface area contributed by atoms with Crippen molar-refractivity contribution in [3.8, 4) is 0 Å². The van der Waals surface area contributed by atoms with Gasteiger partial charge in [0, 0.05) is 20.8 Å². The van der Waals surface area contributed by atoms with E-state index in [0.29, 0.717) is 12.1 Å². The van der Waals surface area contributed by atoms with Gasteiger partial charge in [-0.3, -0.25) is 0 Å². The normalized spacial score (nSPS) is 23.6. The Bertz CT molecular complexity index is 318. The quantitative estimate of drug-likeness (QED) is 0.920. The highest BCUT2D eigenvalue weighted by molar-refractivity contribution is 9.10. The van der Waals surface area contributed by atoms with Crippen LogP contribution in [0.15, 0.2) is 15.9 Å². The van der Waals surface area contributed by atoms with Crippen LogP contribution >= 0.6 is 27.3 Å². The lowest BCUT2D eigenvalue weighted by atomic mass is 10.0. The van der Waals surface area contributed by atoms with E-state index in [4.69, 9.17) is 0 Å². The molecule has 2 nitrogen and oxygen atoms in total. The van der Waals surface area contributed by atoms with Crippen LogP contribution in [0.4, 0.5) is 0 Å². The Morgan fingerprint density at radius 2 is 2.40 bits per heavy atom. The van der Waals surface area contributed by atoms with Gasteiger partial charge in [-0.1, -0.05) is 0 Å². The molecule has 4 heteroatoms. The first kappa shape index (κ1) is 11.6. The summed E-state index contributed by atoms with van der Waals surface area (Å²) >= 11 is 5.37. The lowest BCUT2D eigenvalue weighted by Crippen LogP contribution is -2.36. The van der Waals surface area contributed by atoms with Crippen LogP contribution < -0.4 is 5.32 Å². The summed E-state index contributed by atoms with van der Waals surface area (Å²) < 4.78 is 1.20. The minimum Gasteiger partial charge on any atom is -0.312 e. The summed E-state index contributed by atoms with van der Waals surface area (Å²) in [5, 5.41) is 5.76. The smallest absolute Gasteiger partial charge is 0.0591 e. The molecule has 0 saturated carbocycles. The van der Waals surface area contributed by atoms with Crippen molar-refractivity contribution < 1.29 is 0 Å². The molecule has 1 fully saturated rings. The molecule has 0 radical (unpaired) electrons. The van der Waals surface area contributed by atoms with Crippen molar-refractivity contribution in [2.45, 2.75) is 24.9 Å². The van der Waals surface area contributed by atoms with Crippen LogP contribution in [0.1, 0.15) is 23.8 Å². The van der Waals surface area contributed by atoms with E-state index in [9.17, 15) is 0 Å². The summed E-state index contributed by atoms with van der Waals surface area (Å²) in [6, 6.07) is 3.38. The Kier molecular flexibility index (Phi) is 3.83. The highest BCUT2D eigenvalue weighted by Gasteiger charge is 2.28. The van der Waals surface area contributed by atoms with Crippen LogP contribution in [0, 0.1) is 0 Å². The van der Waals surface area contributed by atoms with Gasteiger partial charge in [-0.25, -0.2) is 0 Å². The van der Waals surface area contributed by atoms with Gasteiger partial charge in [0.25, 0.3) is 0 Å². The number of thiophene rings is 1. The van der Waals surface area contributed by atoms with Crippen molar-refractivity contribution in [1.29, 1.82) is 0 Å². The molecule has 2 heterocycles. The van der Waals surface area contributed by atoms with Crippen molar-refractivity contribution in [1.82, 2.24) is 10.2 Å². The Labute approximate surface area is 104 Å². The molecule has 2 unspecified atom stereocenters. The highest BCUT2D eigenvalue weighted by atomic mass is 79.9. The zero-order valence-corrected chi connectivity index (χ0v) is 11.6. The lowest BCUT2D eigenvalue weighted by molar-refractivity contribution is 0.248. The van der Waals surface area contributed by atoms with Crippen molar-refractivity contribution in [2.24, 2.45) is 0 Å². The molecule has 15 heavy (non-hydrogen) atoms. The summed E-state index contributed by atoms with van der Waals surface area (Å²) in [7, 11) is 4.33. The first-order chi connectivity index (χ1) is 7.18. The Morgan fingerprint density at radius 3 is 2.87 bits per heavy atom. The summed E-state index contributed by atoms with van der Waals surface area (Å²) in [6.45, 7) is 1.17. The molecule has 2 rings (SSSR count). The molecule has 1 N–H and O–H groups in total. The SMILES string of the molecule is CN(C)C(c1cc(Br)cs1)C1CCCN1. The van der Waals surface area contributed by atoms with Gasteiger partial charge >= 0.3 is 0 Å². The van der Waals surface area contributed by atoms with E-state index in [2.05, 4.69) is 51.7 Å². The third-order valence-corrected chi connectivity index (χ3v) is 4.68. The molecule has 1 aromatic rings. The van der Waals surface area contributed by atoms with Gasteiger partial charge in [0.1, 0.15) is 0 Å². The molecule has 0 spiro atoms. The number of hydrogen-bond acceptors (Lipinski definition) is 3. The topological polar surface area (TPSA) is 15.3 Å². The van der Waals surface area contributed by atoms with Gasteiger partial charge in [-0.2, -0.15) is 0 Å². The fourth-order valence-electron chi connectivity index (χ4n) is 2.28. The van der Waals surface area contributed by atoms with Crippen LogP contribution in [0.3, 0.4) is 0 Å². The Balaban J connectivity index is 2.18. The number of hydrogen-bond donors (Lipinski definition) is 1. The average molecular weight is 289 g/mol. The molecule has 2 atom stereocenters. The van der Waals surface area contributed by atoms with E-state index in [-0.39, 0.29) is 0 Å². The van der Waals surface area contributed by atoms with Gasteiger partial charge in [-0.05, 0) is 55.5 Å². The van der Waals surface area contributed by atoms with Gasteiger partial charge < -0.3 is 10.2 Å². The average Bonchev–Trinajstić information content (AvgIpc) is 2.77. The number of nitrogens with one attached hydrogen (secondary N) is 1. The maximum Gasteiger partial charge on any atom is 0.0591 e. The zero-order chi connectivity index (χ0) is 10.8. The predicted molar refractivity (Wildman–Crippen MR) is 69.5 cm³/mol. The fraction of sp³-hybridized carbons (Fsp3) is 0.636. The van der Waals surface area contributed by atoms with E-state index in [1.807, 2.05) is 11.3 Å². The van der Waals surface area contributed by atoms with Gasteiger partial charge in [0.15, 0.2) is 0 Å². The van der Waals surface area contributed by atoms with E-state index in [0.717, 1.165) is 0 Å². The van der Waals surface area contributed by atoms with Crippen LogP contribution in [0.2, 0.25) is 0 Å². The third kappa shape index (κ3) is 2.61. The standard InChI is InChI=1S/C11H17BrN2S/c1-14(2)11(9-4-3-5-13-9)10-6-8(12)7-15-10/h6-7,9,11,13H,3-5H2,1-2H3. The molecule has 1 aromatic heterocycles. The first-order valence-electron chi connectivity index (χ1n) is 5.32. The maximum atomic E-state index is 3.60. The van der Waals surface area contributed by atoms with Crippen LogP contribution in [-0.2, 0) is 0 Å². The minimum absolute atomic E-state index is 0.517. The predicted octanol–water partition coefficient (Wildman–Crippen LogP) is 2.87. The number of rotatable bonds is 3.